The van der Waals surface area contributed by atoms with E-state index in [0.29, 0.717) is 5.56 Å². The van der Waals surface area contributed by atoms with Crippen molar-refractivity contribution < 1.29 is 28.6 Å². The molecule has 0 atom stereocenters. The van der Waals surface area contributed by atoms with Gasteiger partial charge in [-0.2, -0.15) is 18.6 Å². The van der Waals surface area contributed by atoms with Gasteiger partial charge in [0, 0.05) is 38.5 Å². The third-order valence-corrected chi connectivity index (χ3v) is 1.79. The SMILES string of the molecule is C1CCOC1.[CH2-]c1ccccc1F.[Zn]. The van der Waals surface area contributed by atoms with Crippen LogP contribution in [0.4, 0.5) is 4.39 Å². The molecule has 0 N–H and O–H groups in total. The fraction of sp³-hybridized carbons (Fsp3) is 0.364. The van der Waals surface area contributed by atoms with Gasteiger partial charge in [-0.25, -0.2) is 0 Å². The number of hydrogen-bond acceptors (Lipinski definition) is 1. The summed E-state index contributed by atoms with van der Waals surface area (Å²) in [5.41, 5.74) is 0.451. The van der Waals surface area contributed by atoms with Crippen LogP contribution in [-0.4, -0.2) is 13.2 Å². The van der Waals surface area contributed by atoms with E-state index in [9.17, 15) is 4.39 Å². The number of hydrogen-bond donors (Lipinski definition) is 0. The fourth-order valence-corrected chi connectivity index (χ4v) is 1.01. The van der Waals surface area contributed by atoms with Crippen LogP contribution < -0.4 is 0 Å². The number of benzene rings is 1. The summed E-state index contributed by atoms with van der Waals surface area (Å²) in [6.45, 7) is 5.45. The molecule has 1 nitrogen and oxygen atoms in total. The van der Waals surface area contributed by atoms with Gasteiger partial charge in [-0.3, -0.25) is 4.39 Å². The van der Waals surface area contributed by atoms with Gasteiger partial charge in [0.2, 0.25) is 0 Å². The Hall–Kier alpha value is -0.397. The number of ether oxygens (including phenoxy) is 1. The van der Waals surface area contributed by atoms with Crippen molar-refractivity contribution in [3.8, 4) is 0 Å². The van der Waals surface area contributed by atoms with Crippen molar-refractivity contribution in [2.45, 2.75) is 12.8 Å². The quantitative estimate of drug-likeness (QED) is 0.505. The Morgan fingerprint density at radius 2 is 1.71 bits per heavy atom. The summed E-state index contributed by atoms with van der Waals surface area (Å²) in [7, 11) is 0. The molecule has 74 valence electrons. The minimum atomic E-state index is -0.243. The van der Waals surface area contributed by atoms with Gasteiger partial charge < -0.3 is 4.74 Å². The Balaban J connectivity index is 0.000000246. The van der Waals surface area contributed by atoms with E-state index in [-0.39, 0.29) is 25.3 Å². The molecule has 3 heteroatoms. The van der Waals surface area contributed by atoms with Crippen LogP contribution in [0.15, 0.2) is 24.3 Å². The van der Waals surface area contributed by atoms with Crippen LogP contribution in [0.2, 0.25) is 0 Å². The molecule has 0 unspecified atom stereocenters. The van der Waals surface area contributed by atoms with Crippen molar-refractivity contribution in [1.29, 1.82) is 0 Å². The first-order chi connectivity index (χ1) is 6.30. The zero-order chi connectivity index (χ0) is 9.52. The second kappa shape index (κ2) is 7.96. The van der Waals surface area contributed by atoms with E-state index in [0.717, 1.165) is 13.2 Å². The molecule has 0 radical (unpaired) electrons. The average Bonchev–Trinajstić information content (AvgIpc) is 2.68. The molecule has 0 amide bonds. The molecule has 2 rings (SSSR count). The van der Waals surface area contributed by atoms with E-state index < -0.39 is 0 Å². The van der Waals surface area contributed by atoms with Crippen LogP contribution in [0, 0.1) is 12.7 Å². The fourth-order valence-electron chi connectivity index (χ4n) is 1.01. The van der Waals surface area contributed by atoms with Gasteiger partial charge in [0.25, 0.3) is 0 Å². The molecule has 0 spiro atoms. The average molecular weight is 247 g/mol. The van der Waals surface area contributed by atoms with Gasteiger partial charge >= 0.3 is 0 Å². The molecule has 1 aromatic rings. The van der Waals surface area contributed by atoms with E-state index in [1.54, 1.807) is 18.2 Å². The van der Waals surface area contributed by atoms with Crippen LogP contribution in [0.25, 0.3) is 0 Å². The summed E-state index contributed by atoms with van der Waals surface area (Å²) in [5, 5.41) is 0. The van der Waals surface area contributed by atoms with Crippen molar-refractivity contribution >= 4 is 0 Å². The van der Waals surface area contributed by atoms with Crippen LogP contribution in [-0.2, 0) is 24.2 Å². The normalized spacial score (nSPS) is 13.8. The molecule has 14 heavy (non-hydrogen) atoms. The summed E-state index contributed by atoms with van der Waals surface area (Å²) in [6.07, 6.45) is 2.56. The summed E-state index contributed by atoms with van der Waals surface area (Å²) in [4.78, 5) is 0. The Morgan fingerprint density at radius 1 is 1.14 bits per heavy atom. The van der Waals surface area contributed by atoms with Gasteiger partial charge in [0.05, 0.1) is 0 Å². The molecule has 1 aliphatic heterocycles. The predicted molar refractivity (Wildman–Crippen MR) is 50.9 cm³/mol. The topological polar surface area (TPSA) is 9.23 Å². The minimum Gasteiger partial charge on any atom is -0.381 e. The summed E-state index contributed by atoms with van der Waals surface area (Å²) in [5.74, 6) is -0.243. The third-order valence-electron chi connectivity index (χ3n) is 1.79. The van der Waals surface area contributed by atoms with Crippen molar-refractivity contribution in [2.24, 2.45) is 0 Å². The Bertz CT molecular complexity index is 220. The first-order valence-corrected chi connectivity index (χ1v) is 4.45. The van der Waals surface area contributed by atoms with Crippen LogP contribution in [0.1, 0.15) is 18.4 Å². The molecular weight excluding hydrogens is 233 g/mol. The molecule has 1 aliphatic rings. The first kappa shape index (κ1) is 13.6. The zero-order valence-corrected chi connectivity index (χ0v) is 11.3. The van der Waals surface area contributed by atoms with Crippen molar-refractivity contribution in [3.63, 3.8) is 0 Å². The van der Waals surface area contributed by atoms with Crippen LogP contribution in [0.5, 0.6) is 0 Å². The summed E-state index contributed by atoms with van der Waals surface area (Å²) in [6, 6.07) is 6.42. The Kier molecular flexibility index (Phi) is 7.73. The Labute approximate surface area is 97.4 Å². The van der Waals surface area contributed by atoms with Gasteiger partial charge in [-0.1, -0.05) is 12.1 Å². The van der Waals surface area contributed by atoms with Gasteiger partial charge in [0.15, 0.2) is 0 Å². The molecule has 0 bridgehead atoms. The number of halogens is 1. The summed E-state index contributed by atoms with van der Waals surface area (Å²) < 4.78 is 17.2. The number of rotatable bonds is 0. The van der Waals surface area contributed by atoms with E-state index in [1.807, 2.05) is 0 Å². The monoisotopic (exact) mass is 245 g/mol. The molecular formula is C11H14FOZn-. The predicted octanol–water partition coefficient (Wildman–Crippen LogP) is 2.80. The van der Waals surface area contributed by atoms with Crippen LogP contribution in [0.3, 0.4) is 0 Å². The second-order valence-corrected chi connectivity index (χ2v) is 2.91. The standard InChI is InChI=1S/C7H6F.C4H8O.Zn/c1-6-4-2-3-5-7(6)8;1-2-4-5-3-1;/h2-5H,1H2;1-4H2;/q-1;;. The van der Waals surface area contributed by atoms with E-state index in [2.05, 4.69) is 6.92 Å². The van der Waals surface area contributed by atoms with Crippen LogP contribution >= 0.6 is 0 Å². The third kappa shape index (κ3) is 5.36. The summed E-state index contributed by atoms with van der Waals surface area (Å²) >= 11 is 0. The van der Waals surface area contributed by atoms with Crippen molar-refractivity contribution in [2.75, 3.05) is 13.2 Å². The van der Waals surface area contributed by atoms with Gasteiger partial charge in [-0.05, 0) is 12.8 Å². The molecule has 0 aliphatic carbocycles. The van der Waals surface area contributed by atoms with Gasteiger partial charge in [-0.15, -0.1) is 6.07 Å². The van der Waals surface area contributed by atoms with E-state index >= 15 is 0 Å². The molecule has 1 heterocycles. The van der Waals surface area contributed by atoms with Crippen molar-refractivity contribution in [1.82, 2.24) is 0 Å². The molecule has 1 saturated heterocycles. The van der Waals surface area contributed by atoms with E-state index in [4.69, 9.17) is 4.74 Å². The molecule has 0 saturated carbocycles. The first-order valence-electron chi connectivity index (χ1n) is 4.45. The van der Waals surface area contributed by atoms with E-state index in [1.165, 1.54) is 18.9 Å². The molecule has 0 aromatic heterocycles. The largest absolute Gasteiger partial charge is 0.381 e. The zero-order valence-electron chi connectivity index (χ0n) is 8.34. The van der Waals surface area contributed by atoms with Gasteiger partial charge in [0.1, 0.15) is 0 Å². The Morgan fingerprint density at radius 3 is 2.00 bits per heavy atom. The minimum absolute atomic E-state index is 0. The maximum atomic E-state index is 12.3. The van der Waals surface area contributed by atoms with Crippen molar-refractivity contribution in [3.05, 3.63) is 42.6 Å². The second-order valence-electron chi connectivity index (χ2n) is 2.91. The maximum absolute atomic E-state index is 12.3. The molecule has 1 aromatic carbocycles. The smallest absolute Gasteiger partial charge is 0.0466 e. The molecule has 1 fully saturated rings. The maximum Gasteiger partial charge on any atom is 0.0466 e.